The van der Waals surface area contributed by atoms with E-state index in [4.69, 9.17) is 5.73 Å². The van der Waals surface area contributed by atoms with E-state index in [9.17, 15) is 8.42 Å². The molecule has 0 aliphatic heterocycles. The van der Waals surface area contributed by atoms with Crippen molar-refractivity contribution in [2.24, 2.45) is 0 Å². The van der Waals surface area contributed by atoms with Gasteiger partial charge in [0.1, 0.15) is 0 Å². The number of rotatable bonds is 8. The first-order valence-corrected chi connectivity index (χ1v) is 9.55. The van der Waals surface area contributed by atoms with Gasteiger partial charge in [0.05, 0.1) is 4.90 Å². The van der Waals surface area contributed by atoms with Crippen molar-refractivity contribution >= 4 is 15.7 Å². The molecule has 0 unspecified atom stereocenters. The second kappa shape index (κ2) is 8.28. The summed E-state index contributed by atoms with van der Waals surface area (Å²) in [6.45, 7) is 6.01. The Balaban J connectivity index is 1.97. The minimum absolute atomic E-state index is 0.339. The summed E-state index contributed by atoms with van der Waals surface area (Å²) < 4.78 is 26.3. The van der Waals surface area contributed by atoms with Gasteiger partial charge in [-0.25, -0.2) is 8.42 Å². The van der Waals surface area contributed by atoms with E-state index in [0.29, 0.717) is 31.1 Å². The molecule has 0 heterocycles. The minimum atomic E-state index is -3.39. The predicted octanol–water partition coefficient (Wildman–Crippen LogP) is 2.59. The molecule has 0 atom stereocenters. The Morgan fingerprint density at radius 2 is 1.58 bits per heavy atom. The predicted molar refractivity (Wildman–Crippen MR) is 97.9 cm³/mol. The van der Waals surface area contributed by atoms with Crippen molar-refractivity contribution in [1.82, 2.24) is 9.62 Å². The molecule has 2 aromatic carbocycles. The fourth-order valence-electron chi connectivity index (χ4n) is 2.55. The van der Waals surface area contributed by atoms with Gasteiger partial charge in [0.25, 0.3) is 0 Å². The van der Waals surface area contributed by atoms with Crippen LogP contribution in [0.2, 0.25) is 0 Å². The van der Waals surface area contributed by atoms with Crippen molar-refractivity contribution in [2.45, 2.75) is 31.8 Å². The molecule has 130 valence electrons. The van der Waals surface area contributed by atoms with E-state index in [1.165, 1.54) is 4.31 Å². The molecule has 5 nitrogen and oxygen atoms in total. The second-order valence-electron chi connectivity index (χ2n) is 5.58. The number of nitrogens with one attached hydrogen (secondary N) is 1. The normalized spacial score (nSPS) is 11.8. The highest BCUT2D eigenvalue weighted by atomic mass is 32.2. The van der Waals surface area contributed by atoms with Gasteiger partial charge in [-0.15, -0.1) is 0 Å². The van der Waals surface area contributed by atoms with E-state index in [1.54, 1.807) is 12.1 Å². The van der Waals surface area contributed by atoms with Crippen LogP contribution in [0.4, 0.5) is 5.69 Å². The van der Waals surface area contributed by atoms with Gasteiger partial charge in [0, 0.05) is 31.9 Å². The van der Waals surface area contributed by atoms with Gasteiger partial charge in [-0.2, -0.15) is 4.31 Å². The van der Waals surface area contributed by atoms with Crippen molar-refractivity contribution < 1.29 is 8.42 Å². The van der Waals surface area contributed by atoms with Crippen LogP contribution in [0, 0.1) is 0 Å². The Morgan fingerprint density at radius 3 is 2.17 bits per heavy atom. The molecule has 2 aromatic rings. The standard InChI is InChI=1S/C18H25N3O2S/c1-3-21(4-2)24(22,23)18-10-8-15(9-11-18)13-20-14-16-6-5-7-17(19)12-16/h5-12,20H,3-4,13-14,19H2,1-2H3. The van der Waals surface area contributed by atoms with Gasteiger partial charge in [0.2, 0.25) is 10.0 Å². The Morgan fingerprint density at radius 1 is 0.958 bits per heavy atom. The molecule has 0 radical (unpaired) electrons. The number of nitrogens with zero attached hydrogens (tertiary/aromatic N) is 1. The number of anilines is 1. The molecule has 0 amide bonds. The zero-order valence-corrected chi connectivity index (χ0v) is 15.0. The fourth-order valence-corrected chi connectivity index (χ4v) is 4.00. The second-order valence-corrected chi connectivity index (χ2v) is 7.52. The van der Waals surface area contributed by atoms with Crippen molar-refractivity contribution in [3.05, 3.63) is 59.7 Å². The summed E-state index contributed by atoms with van der Waals surface area (Å²) in [7, 11) is -3.39. The number of hydrogen-bond donors (Lipinski definition) is 2. The largest absolute Gasteiger partial charge is 0.399 e. The highest BCUT2D eigenvalue weighted by Gasteiger charge is 2.20. The summed E-state index contributed by atoms with van der Waals surface area (Å²) in [5.41, 5.74) is 8.67. The highest BCUT2D eigenvalue weighted by Crippen LogP contribution is 2.16. The molecule has 0 saturated heterocycles. The molecule has 0 saturated carbocycles. The third-order valence-corrected chi connectivity index (χ3v) is 5.94. The number of benzene rings is 2. The van der Waals surface area contributed by atoms with Crippen LogP contribution in [0.3, 0.4) is 0 Å². The summed E-state index contributed by atoms with van der Waals surface area (Å²) in [5, 5.41) is 3.33. The monoisotopic (exact) mass is 347 g/mol. The number of hydrogen-bond acceptors (Lipinski definition) is 4. The average molecular weight is 347 g/mol. The lowest BCUT2D eigenvalue weighted by molar-refractivity contribution is 0.445. The molecule has 0 spiro atoms. The number of nitrogens with two attached hydrogens (primary N) is 1. The van der Waals surface area contributed by atoms with Crippen LogP contribution in [0.5, 0.6) is 0 Å². The molecule has 0 fully saturated rings. The van der Waals surface area contributed by atoms with Gasteiger partial charge in [-0.1, -0.05) is 38.1 Å². The van der Waals surface area contributed by atoms with Crippen molar-refractivity contribution in [2.75, 3.05) is 18.8 Å². The SMILES string of the molecule is CCN(CC)S(=O)(=O)c1ccc(CNCc2cccc(N)c2)cc1. The van der Waals surface area contributed by atoms with Crippen LogP contribution in [0.25, 0.3) is 0 Å². The summed E-state index contributed by atoms with van der Waals surface area (Å²) >= 11 is 0. The molecular weight excluding hydrogens is 322 g/mol. The Hall–Kier alpha value is -1.89. The van der Waals surface area contributed by atoms with Crippen LogP contribution in [-0.2, 0) is 23.1 Å². The Kier molecular flexibility index (Phi) is 6.36. The van der Waals surface area contributed by atoms with Gasteiger partial charge in [-0.05, 0) is 35.4 Å². The van der Waals surface area contributed by atoms with E-state index < -0.39 is 10.0 Å². The molecule has 0 aliphatic carbocycles. The summed E-state index contributed by atoms with van der Waals surface area (Å²) in [4.78, 5) is 0.339. The van der Waals surface area contributed by atoms with Gasteiger partial charge < -0.3 is 11.1 Å². The fraction of sp³-hybridized carbons (Fsp3) is 0.333. The van der Waals surface area contributed by atoms with Crippen molar-refractivity contribution in [1.29, 1.82) is 0 Å². The molecular formula is C18H25N3O2S. The van der Waals surface area contributed by atoms with Crippen molar-refractivity contribution in [3.63, 3.8) is 0 Å². The lowest BCUT2D eigenvalue weighted by Gasteiger charge is -2.18. The zero-order chi connectivity index (χ0) is 17.6. The maximum atomic E-state index is 12.4. The molecule has 24 heavy (non-hydrogen) atoms. The first kappa shape index (κ1) is 18.4. The molecule has 3 N–H and O–H groups in total. The summed E-state index contributed by atoms with van der Waals surface area (Å²) in [5.74, 6) is 0. The van der Waals surface area contributed by atoms with E-state index >= 15 is 0 Å². The molecule has 6 heteroatoms. The molecule has 0 aromatic heterocycles. The molecule has 0 aliphatic rings. The average Bonchev–Trinajstić information content (AvgIpc) is 2.56. The van der Waals surface area contributed by atoms with E-state index in [-0.39, 0.29) is 0 Å². The van der Waals surface area contributed by atoms with Crippen LogP contribution in [0.15, 0.2) is 53.4 Å². The van der Waals surface area contributed by atoms with Crippen molar-refractivity contribution in [3.8, 4) is 0 Å². The van der Waals surface area contributed by atoms with Gasteiger partial charge in [0.15, 0.2) is 0 Å². The first-order valence-electron chi connectivity index (χ1n) is 8.11. The number of sulfonamides is 1. The van der Waals surface area contributed by atoms with Gasteiger partial charge in [-0.3, -0.25) is 0 Å². The smallest absolute Gasteiger partial charge is 0.243 e. The zero-order valence-electron chi connectivity index (χ0n) is 14.2. The Bertz CT molecular complexity index is 754. The third kappa shape index (κ3) is 4.56. The van der Waals surface area contributed by atoms with Crippen LogP contribution in [-0.4, -0.2) is 25.8 Å². The quantitative estimate of drug-likeness (QED) is 0.720. The minimum Gasteiger partial charge on any atom is -0.399 e. The highest BCUT2D eigenvalue weighted by molar-refractivity contribution is 7.89. The van der Waals surface area contributed by atoms with Crippen LogP contribution < -0.4 is 11.1 Å². The maximum absolute atomic E-state index is 12.4. The maximum Gasteiger partial charge on any atom is 0.243 e. The lowest BCUT2D eigenvalue weighted by Crippen LogP contribution is -2.30. The first-order chi connectivity index (χ1) is 11.5. The Labute approximate surface area is 144 Å². The van der Waals surface area contributed by atoms with Gasteiger partial charge >= 0.3 is 0 Å². The van der Waals surface area contributed by atoms with Crippen LogP contribution in [0.1, 0.15) is 25.0 Å². The summed E-state index contributed by atoms with van der Waals surface area (Å²) in [6, 6.07) is 14.8. The van der Waals surface area contributed by atoms with E-state index in [1.807, 2.05) is 50.2 Å². The van der Waals surface area contributed by atoms with Crippen LogP contribution >= 0.6 is 0 Å². The lowest BCUT2D eigenvalue weighted by atomic mass is 10.2. The van der Waals surface area contributed by atoms with E-state index in [0.717, 1.165) is 16.8 Å². The molecule has 0 bridgehead atoms. The van der Waals surface area contributed by atoms with E-state index in [2.05, 4.69) is 5.32 Å². The third-order valence-electron chi connectivity index (χ3n) is 3.88. The molecule has 2 rings (SSSR count). The topological polar surface area (TPSA) is 75.4 Å². The summed E-state index contributed by atoms with van der Waals surface area (Å²) in [6.07, 6.45) is 0. The number of nitrogen functional groups attached to an aromatic ring is 1.